The number of hydrogen-bond acceptors (Lipinski definition) is 3. The third kappa shape index (κ3) is 1.32. The van der Waals surface area contributed by atoms with Gasteiger partial charge in [0.1, 0.15) is 5.54 Å². The molecule has 11 heavy (non-hydrogen) atoms. The molecule has 2 atom stereocenters. The van der Waals surface area contributed by atoms with Crippen molar-refractivity contribution in [2.75, 3.05) is 0 Å². The van der Waals surface area contributed by atoms with E-state index in [0.717, 1.165) is 0 Å². The third-order valence-corrected chi connectivity index (χ3v) is 1.97. The molecule has 0 aliphatic heterocycles. The fourth-order valence-electron chi connectivity index (χ4n) is 1.08. The van der Waals surface area contributed by atoms with Gasteiger partial charge in [-0.15, -0.1) is 0 Å². The fraction of sp³-hybridized carbons (Fsp3) is 0.667. The predicted octanol–water partition coefficient (Wildman–Crippen LogP) is -0.737. The van der Waals surface area contributed by atoms with Gasteiger partial charge in [-0.3, -0.25) is 9.59 Å². The second kappa shape index (κ2) is 2.20. The van der Waals surface area contributed by atoms with Gasteiger partial charge in [-0.05, 0) is 6.42 Å². The van der Waals surface area contributed by atoms with Crippen molar-refractivity contribution in [3.63, 3.8) is 0 Å². The van der Waals surface area contributed by atoms with Crippen molar-refractivity contribution in [2.24, 2.45) is 11.7 Å². The Hall–Kier alpha value is -1.10. The molecule has 0 unspecified atom stereocenters. The maximum atomic E-state index is 10.4. The number of aliphatic carboxylic acids is 2. The highest BCUT2D eigenvalue weighted by Crippen LogP contribution is 2.43. The number of carboxylic acid groups (broad SMARTS) is 2. The summed E-state index contributed by atoms with van der Waals surface area (Å²) in [6, 6.07) is 0. The van der Waals surface area contributed by atoms with Crippen molar-refractivity contribution in [2.45, 2.75) is 18.4 Å². The van der Waals surface area contributed by atoms with Gasteiger partial charge in [0.15, 0.2) is 0 Å². The van der Waals surface area contributed by atoms with Crippen molar-refractivity contribution < 1.29 is 19.8 Å². The lowest BCUT2D eigenvalue weighted by atomic mass is 10.2. The zero-order chi connectivity index (χ0) is 8.65. The minimum absolute atomic E-state index is 0.150. The molecule has 4 N–H and O–H groups in total. The molecule has 5 nitrogen and oxygen atoms in total. The zero-order valence-corrected chi connectivity index (χ0v) is 5.78. The number of rotatable bonds is 3. The fourth-order valence-corrected chi connectivity index (χ4v) is 1.08. The van der Waals surface area contributed by atoms with Crippen LogP contribution >= 0.6 is 0 Å². The van der Waals surface area contributed by atoms with Crippen molar-refractivity contribution in [1.82, 2.24) is 0 Å². The van der Waals surface area contributed by atoms with Gasteiger partial charge in [0.25, 0.3) is 0 Å². The smallest absolute Gasteiger partial charge is 0.323 e. The molecule has 0 aromatic rings. The van der Waals surface area contributed by atoms with E-state index in [9.17, 15) is 9.59 Å². The molecular weight excluding hydrogens is 150 g/mol. The summed E-state index contributed by atoms with van der Waals surface area (Å²) >= 11 is 0. The van der Waals surface area contributed by atoms with E-state index in [-0.39, 0.29) is 12.8 Å². The summed E-state index contributed by atoms with van der Waals surface area (Å²) in [7, 11) is 0. The Morgan fingerprint density at radius 2 is 2.09 bits per heavy atom. The van der Waals surface area contributed by atoms with Crippen LogP contribution < -0.4 is 5.73 Å². The Labute approximate surface area is 62.8 Å². The lowest BCUT2D eigenvalue weighted by molar-refractivity contribution is -0.140. The van der Waals surface area contributed by atoms with E-state index < -0.39 is 23.4 Å². The Bertz CT molecular complexity index is 215. The van der Waals surface area contributed by atoms with E-state index in [1.165, 1.54) is 0 Å². The number of nitrogens with two attached hydrogens (primary N) is 1. The summed E-state index contributed by atoms with van der Waals surface area (Å²) in [5.41, 5.74) is 4.05. The first-order valence-corrected chi connectivity index (χ1v) is 3.21. The van der Waals surface area contributed by atoms with E-state index in [4.69, 9.17) is 15.9 Å². The second-order valence-corrected chi connectivity index (χ2v) is 2.84. The summed E-state index contributed by atoms with van der Waals surface area (Å²) < 4.78 is 0. The first kappa shape index (κ1) is 8.00. The third-order valence-electron chi connectivity index (χ3n) is 1.97. The largest absolute Gasteiger partial charge is 0.481 e. The minimum Gasteiger partial charge on any atom is -0.481 e. The van der Waals surface area contributed by atoms with Crippen LogP contribution in [0.25, 0.3) is 0 Å². The van der Waals surface area contributed by atoms with Gasteiger partial charge in [0.2, 0.25) is 0 Å². The summed E-state index contributed by atoms with van der Waals surface area (Å²) in [5.74, 6) is -2.50. The quantitative estimate of drug-likeness (QED) is 0.503. The SMILES string of the molecule is N[C@@]1(C(=O)O)C[C@H]1CC(=O)O. The molecule has 0 aromatic carbocycles. The van der Waals surface area contributed by atoms with E-state index >= 15 is 0 Å². The molecular formula is C6H9NO4. The summed E-state index contributed by atoms with van der Waals surface area (Å²) in [6.07, 6.45) is 0.122. The van der Waals surface area contributed by atoms with Crippen LogP contribution in [0.5, 0.6) is 0 Å². The van der Waals surface area contributed by atoms with Gasteiger partial charge in [-0.1, -0.05) is 0 Å². The van der Waals surface area contributed by atoms with Crippen LogP contribution in [-0.2, 0) is 9.59 Å². The summed E-state index contributed by atoms with van der Waals surface area (Å²) in [4.78, 5) is 20.5. The lowest BCUT2D eigenvalue weighted by Gasteiger charge is -2.01. The molecule has 0 aromatic heterocycles. The standard InChI is InChI=1S/C6H9NO4/c7-6(5(10)11)2-3(6)1-4(8)9/h3H,1-2,7H2,(H,8,9)(H,10,11)/t3-,6+/m1/s1. The van der Waals surface area contributed by atoms with Crippen LogP contribution in [0.1, 0.15) is 12.8 Å². The monoisotopic (exact) mass is 159 g/mol. The van der Waals surface area contributed by atoms with Gasteiger partial charge in [0.05, 0.1) is 6.42 Å². The van der Waals surface area contributed by atoms with Crippen LogP contribution in [0.15, 0.2) is 0 Å². The molecule has 0 heterocycles. The molecule has 0 radical (unpaired) electrons. The average molecular weight is 159 g/mol. The lowest BCUT2D eigenvalue weighted by Crippen LogP contribution is -2.35. The number of carboxylic acids is 2. The van der Waals surface area contributed by atoms with Crippen molar-refractivity contribution in [1.29, 1.82) is 0 Å². The highest BCUT2D eigenvalue weighted by molar-refractivity contribution is 5.84. The highest BCUT2D eigenvalue weighted by Gasteiger charge is 2.58. The zero-order valence-electron chi connectivity index (χ0n) is 5.78. The van der Waals surface area contributed by atoms with E-state index in [1.807, 2.05) is 0 Å². The molecule has 0 saturated heterocycles. The molecule has 1 fully saturated rings. The Morgan fingerprint density at radius 1 is 1.55 bits per heavy atom. The molecule has 62 valence electrons. The Kier molecular flexibility index (Phi) is 1.60. The van der Waals surface area contributed by atoms with Crippen molar-refractivity contribution in [3.8, 4) is 0 Å². The predicted molar refractivity (Wildman–Crippen MR) is 34.9 cm³/mol. The van der Waals surface area contributed by atoms with Crippen LogP contribution in [-0.4, -0.2) is 27.7 Å². The summed E-state index contributed by atoms with van der Waals surface area (Å²) in [6.45, 7) is 0. The van der Waals surface area contributed by atoms with E-state index in [0.29, 0.717) is 0 Å². The topological polar surface area (TPSA) is 101 Å². The first-order valence-electron chi connectivity index (χ1n) is 3.21. The van der Waals surface area contributed by atoms with Gasteiger partial charge in [-0.25, -0.2) is 0 Å². The number of hydrogen-bond donors (Lipinski definition) is 3. The molecule has 1 aliphatic carbocycles. The van der Waals surface area contributed by atoms with Crippen molar-refractivity contribution >= 4 is 11.9 Å². The molecule has 1 rings (SSSR count). The van der Waals surface area contributed by atoms with E-state index in [2.05, 4.69) is 0 Å². The maximum absolute atomic E-state index is 10.4. The van der Waals surface area contributed by atoms with Crippen molar-refractivity contribution in [3.05, 3.63) is 0 Å². The molecule has 1 aliphatic rings. The van der Waals surface area contributed by atoms with Gasteiger partial charge in [0, 0.05) is 5.92 Å². The average Bonchev–Trinajstić information content (AvgIpc) is 2.42. The minimum atomic E-state index is -1.27. The molecule has 1 saturated carbocycles. The van der Waals surface area contributed by atoms with Gasteiger partial charge < -0.3 is 15.9 Å². The maximum Gasteiger partial charge on any atom is 0.323 e. The van der Waals surface area contributed by atoms with Gasteiger partial charge in [-0.2, -0.15) is 0 Å². The first-order chi connectivity index (χ1) is 4.97. The van der Waals surface area contributed by atoms with Crippen LogP contribution in [0, 0.1) is 5.92 Å². The van der Waals surface area contributed by atoms with Crippen LogP contribution in [0.4, 0.5) is 0 Å². The molecule has 0 bridgehead atoms. The normalized spacial score (nSPS) is 34.8. The van der Waals surface area contributed by atoms with E-state index in [1.54, 1.807) is 0 Å². The van der Waals surface area contributed by atoms with Crippen LogP contribution in [0.3, 0.4) is 0 Å². The van der Waals surface area contributed by atoms with Crippen LogP contribution in [0.2, 0.25) is 0 Å². The van der Waals surface area contributed by atoms with Gasteiger partial charge >= 0.3 is 11.9 Å². The highest BCUT2D eigenvalue weighted by atomic mass is 16.4. The second-order valence-electron chi connectivity index (χ2n) is 2.84. The number of carbonyl (C=O) groups is 2. The molecule has 0 spiro atoms. The Balaban J connectivity index is 2.47. The summed E-state index contributed by atoms with van der Waals surface area (Å²) in [5, 5.41) is 16.8. The molecule has 0 amide bonds. The Morgan fingerprint density at radius 3 is 2.36 bits per heavy atom. The molecule has 5 heteroatoms.